The highest BCUT2D eigenvalue weighted by Crippen LogP contribution is 2.16. The standard InChI is InChI=1S/C14H21N3O2/c15-12-2-4-13(5-3-12)19-9-1-7-17-8-6-11(10-17)14(16)18/h2-5,11H,1,6-10,15H2,(H2,16,18). The second-order valence-electron chi connectivity index (χ2n) is 4.96. The first-order chi connectivity index (χ1) is 9.15. The van der Waals surface area contributed by atoms with Crippen LogP contribution in [0.3, 0.4) is 0 Å². The molecule has 0 spiro atoms. The molecule has 0 bridgehead atoms. The van der Waals surface area contributed by atoms with Crippen molar-refractivity contribution in [2.24, 2.45) is 11.7 Å². The van der Waals surface area contributed by atoms with Crippen LogP contribution in [0.2, 0.25) is 0 Å². The van der Waals surface area contributed by atoms with Gasteiger partial charge in [0.2, 0.25) is 5.91 Å². The lowest BCUT2D eigenvalue weighted by Crippen LogP contribution is -2.28. The second-order valence-corrected chi connectivity index (χ2v) is 4.96. The molecule has 1 fully saturated rings. The molecule has 104 valence electrons. The smallest absolute Gasteiger partial charge is 0.221 e. The molecule has 1 atom stereocenters. The molecular formula is C14H21N3O2. The van der Waals surface area contributed by atoms with Gasteiger partial charge < -0.3 is 21.1 Å². The van der Waals surface area contributed by atoms with E-state index in [0.717, 1.165) is 43.9 Å². The predicted octanol–water partition coefficient (Wildman–Crippen LogP) is 0.845. The van der Waals surface area contributed by atoms with E-state index in [1.807, 2.05) is 24.3 Å². The fraction of sp³-hybridized carbons (Fsp3) is 0.500. The van der Waals surface area contributed by atoms with Crippen LogP contribution in [0.1, 0.15) is 12.8 Å². The summed E-state index contributed by atoms with van der Waals surface area (Å²) in [7, 11) is 0. The van der Waals surface area contributed by atoms with Crippen molar-refractivity contribution >= 4 is 11.6 Å². The molecule has 1 aromatic carbocycles. The summed E-state index contributed by atoms with van der Waals surface area (Å²) in [5.41, 5.74) is 11.6. The van der Waals surface area contributed by atoms with Crippen molar-refractivity contribution in [1.29, 1.82) is 0 Å². The zero-order valence-corrected chi connectivity index (χ0v) is 11.0. The summed E-state index contributed by atoms with van der Waals surface area (Å²) in [6.07, 6.45) is 1.82. The molecule has 1 heterocycles. The van der Waals surface area contributed by atoms with Crippen LogP contribution in [-0.2, 0) is 4.79 Å². The van der Waals surface area contributed by atoms with Gasteiger partial charge in [0.15, 0.2) is 0 Å². The van der Waals surface area contributed by atoms with Gasteiger partial charge in [0.25, 0.3) is 0 Å². The first-order valence-corrected chi connectivity index (χ1v) is 6.65. The lowest BCUT2D eigenvalue weighted by atomic mass is 10.1. The molecule has 0 saturated carbocycles. The monoisotopic (exact) mass is 263 g/mol. The Morgan fingerprint density at radius 2 is 2.11 bits per heavy atom. The number of hydrogen-bond donors (Lipinski definition) is 2. The van der Waals surface area contributed by atoms with Crippen molar-refractivity contribution in [3.8, 4) is 5.75 Å². The number of carbonyl (C=O) groups is 1. The highest BCUT2D eigenvalue weighted by atomic mass is 16.5. The van der Waals surface area contributed by atoms with Gasteiger partial charge in [0.05, 0.1) is 12.5 Å². The normalized spacial score (nSPS) is 19.5. The van der Waals surface area contributed by atoms with E-state index in [4.69, 9.17) is 16.2 Å². The number of nitrogens with zero attached hydrogens (tertiary/aromatic N) is 1. The summed E-state index contributed by atoms with van der Waals surface area (Å²) in [6.45, 7) is 3.35. The number of nitrogens with two attached hydrogens (primary N) is 2. The Balaban J connectivity index is 1.62. The summed E-state index contributed by atoms with van der Waals surface area (Å²) in [6, 6.07) is 7.39. The molecule has 0 aromatic heterocycles. The molecule has 19 heavy (non-hydrogen) atoms. The average Bonchev–Trinajstić information content (AvgIpc) is 2.86. The minimum Gasteiger partial charge on any atom is -0.494 e. The third kappa shape index (κ3) is 4.13. The Morgan fingerprint density at radius 3 is 2.74 bits per heavy atom. The zero-order valence-electron chi connectivity index (χ0n) is 11.0. The number of primary amides is 1. The van der Waals surface area contributed by atoms with Crippen molar-refractivity contribution in [3.63, 3.8) is 0 Å². The molecule has 1 aliphatic heterocycles. The van der Waals surface area contributed by atoms with Crippen LogP contribution in [0, 0.1) is 5.92 Å². The average molecular weight is 263 g/mol. The van der Waals surface area contributed by atoms with Crippen LogP contribution in [0.4, 0.5) is 5.69 Å². The fourth-order valence-corrected chi connectivity index (χ4v) is 2.31. The van der Waals surface area contributed by atoms with E-state index in [2.05, 4.69) is 4.90 Å². The van der Waals surface area contributed by atoms with Gasteiger partial charge in [-0.05, 0) is 43.7 Å². The Labute approximate surface area is 113 Å². The Kier molecular flexibility index (Phi) is 4.63. The Hall–Kier alpha value is -1.75. The van der Waals surface area contributed by atoms with Crippen molar-refractivity contribution in [3.05, 3.63) is 24.3 Å². The Morgan fingerprint density at radius 1 is 1.37 bits per heavy atom. The molecule has 0 aliphatic carbocycles. The highest BCUT2D eigenvalue weighted by Gasteiger charge is 2.25. The molecule has 2 rings (SSSR count). The van der Waals surface area contributed by atoms with Gasteiger partial charge in [-0.1, -0.05) is 0 Å². The van der Waals surface area contributed by atoms with E-state index in [1.54, 1.807) is 0 Å². The molecular weight excluding hydrogens is 242 g/mol. The van der Waals surface area contributed by atoms with Crippen molar-refractivity contribution in [2.45, 2.75) is 12.8 Å². The zero-order chi connectivity index (χ0) is 13.7. The number of benzene rings is 1. The number of anilines is 1. The van der Waals surface area contributed by atoms with E-state index < -0.39 is 0 Å². The summed E-state index contributed by atoms with van der Waals surface area (Å²) >= 11 is 0. The molecule has 1 saturated heterocycles. The first-order valence-electron chi connectivity index (χ1n) is 6.65. The second kappa shape index (κ2) is 6.43. The number of carbonyl (C=O) groups excluding carboxylic acids is 1. The molecule has 4 N–H and O–H groups in total. The number of amides is 1. The predicted molar refractivity (Wildman–Crippen MR) is 74.7 cm³/mol. The largest absolute Gasteiger partial charge is 0.494 e. The van der Waals surface area contributed by atoms with Crippen LogP contribution < -0.4 is 16.2 Å². The van der Waals surface area contributed by atoms with Gasteiger partial charge >= 0.3 is 0 Å². The summed E-state index contributed by atoms with van der Waals surface area (Å²) in [5, 5.41) is 0. The summed E-state index contributed by atoms with van der Waals surface area (Å²) < 4.78 is 5.62. The van der Waals surface area contributed by atoms with Crippen LogP contribution in [0.15, 0.2) is 24.3 Å². The number of nitrogen functional groups attached to an aromatic ring is 1. The number of rotatable bonds is 6. The van der Waals surface area contributed by atoms with Crippen molar-refractivity contribution in [2.75, 3.05) is 32.0 Å². The quantitative estimate of drug-likeness (QED) is 0.589. The van der Waals surface area contributed by atoms with E-state index in [9.17, 15) is 4.79 Å². The van der Waals surface area contributed by atoms with Crippen LogP contribution in [-0.4, -0.2) is 37.0 Å². The summed E-state index contributed by atoms with van der Waals surface area (Å²) in [5.74, 6) is 0.685. The van der Waals surface area contributed by atoms with Crippen LogP contribution >= 0.6 is 0 Å². The first kappa shape index (κ1) is 13.7. The molecule has 5 heteroatoms. The van der Waals surface area contributed by atoms with Gasteiger partial charge in [-0.3, -0.25) is 4.79 Å². The van der Waals surface area contributed by atoms with E-state index in [1.165, 1.54) is 0 Å². The fourth-order valence-electron chi connectivity index (χ4n) is 2.31. The van der Waals surface area contributed by atoms with Crippen molar-refractivity contribution < 1.29 is 9.53 Å². The number of ether oxygens (including phenoxy) is 1. The van der Waals surface area contributed by atoms with Gasteiger partial charge in [-0.15, -0.1) is 0 Å². The Bertz CT molecular complexity index is 419. The van der Waals surface area contributed by atoms with Crippen molar-refractivity contribution in [1.82, 2.24) is 4.90 Å². The maximum absolute atomic E-state index is 11.1. The molecule has 1 unspecified atom stereocenters. The minimum atomic E-state index is -0.180. The van der Waals surface area contributed by atoms with Gasteiger partial charge in [-0.2, -0.15) is 0 Å². The number of hydrogen-bond acceptors (Lipinski definition) is 4. The molecule has 0 radical (unpaired) electrons. The van der Waals surface area contributed by atoms with Gasteiger partial charge in [0, 0.05) is 18.8 Å². The number of likely N-dealkylation sites (tertiary alicyclic amines) is 1. The molecule has 5 nitrogen and oxygen atoms in total. The highest BCUT2D eigenvalue weighted by molar-refractivity contribution is 5.77. The van der Waals surface area contributed by atoms with Crippen LogP contribution in [0.25, 0.3) is 0 Å². The lowest BCUT2D eigenvalue weighted by Gasteiger charge is -2.15. The topological polar surface area (TPSA) is 81.6 Å². The molecule has 1 aromatic rings. The van der Waals surface area contributed by atoms with E-state index in [0.29, 0.717) is 6.61 Å². The third-order valence-electron chi connectivity index (χ3n) is 3.44. The SMILES string of the molecule is NC(=O)C1CCN(CCCOc2ccc(N)cc2)C1. The maximum Gasteiger partial charge on any atom is 0.221 e. The lowest BCUT2D eigenvalue weighted by molar-refractivity contribution is -0.121. The van der Waals surface area contributed by atoms with Crippen LogP contribution in [0.5, 0.6) is 5.75 Å². The molecule has 1 aliphatic rings. The van der Waals surface area contributed by atoms with Gasteiger partial charge in [-0.25, -0.2) is 0 Å². The third-order valence-corrected chi connectivity index (χ3v) is 3.44. The van der Waals surface area contributed by atoms with E-state index in [-0.39, 0.29) is 11.8 Å². The van der Waals surface area contributed by atoms with E-state index >= 15 is 0 Å². The minimum absolute atomic E-state index is 0.0259. The molecule has 1 amide bonds. The maximum atomic E-state index is 11.1. The van der Waals surface area contributed by atoms with Gasteiger partial charge in [0.1, 0.15) is 5.75 Å². The summed E-state index contributed by atoms with van der Waals surface area (Å²) in [4.78, 5) is 13.3.